The summed E-state index contributed by atoms with van der Waals surface area (Å²) in [6.07, 6.45) is 9.26. The number of aromatic nitrogens is 5. The minimum absolute atomic E-state index is 0.549. The Morgan fingerprint density at radius 1 is 1.31 bits per heavy atom. The van der Waals surface area contributed by atoms with Crippen LogP contribution in [0.15, 0.2) is 25.0 Å². The molecule has 1 N–H and O–H groups in total. The van der Waals surface area contributed by atoms with Crippen LogP contribution in [0.1, 0.15) is 18.4 Å². The maximum atomic E-state index is 4.23. The van der Waals surface area contributed by atoms with Crippen LogP contribution in [0.4, 0.5) is 0 Å². The van der Waals surface area contributed by atoms with E-state index in [1.807, 2.05) is 12.4 Å². The van der Waals surface area contributed by atoms with Crippen LogP contribution in [0.25, 0.3) is 5.95 Å². The molecule has 0 unspecified atom stereocenters. The van der Waals surface area contributed by atoms with Crippen LogP contribution in [0.2, 0.25) is 0 Å². The van der Waals surface area contributed by atoms with Gasteiger partial charge in [-0.15, -0.1) is 0 Å². The van der Waals surface area contributed by atoms with E-state index in [-0.39, 0.29) is 0 Å². The Labute approximate surface area is 92.8 Å². The Morgan fingerprint density at radius 3 is 2.75 bits per heavy atom. The summed E-state index contributed by atoms with van der Waals surface area (Å²) in [5.41, 5.74) is 1.09. The predicted octanol–water partition coefficient (Wildman–Crippen LogP) is 0.309. The van der Waals surface area contributed by atoms with Gasteiger partial charge in [0.15, 0.2) is 0 Å². The first-order valence-electron chi connectivity index (χ1n) is 5.31. The molecule has 1 saturated carbocycles. The summed E-state index contributed by atoms with van der Waals surface area (Å²) in [5.74, 6) is 0.549. The average Bonchev–Trinajstić information content (AvgIpc) is 3.00. The largest absolute Gasteiger partial charge is 0.310 e. The molecule has 2 aromatic rings. The molecular weight excluding hydrogens is 204 g/mol. The normalized spacial score (nSPS) is 15.2. The monoisotopic (exact) mass is 216 g/mol. The van der Waals surface area contributed by atoms with E-state index in [4.69, 9.17) is 0 Å². The molecule has 6 nitrogen and oxygen atoms in total. The summed E-state index contributed by atoms with van der Waals surface area (Å²) in [5, 5.41) is 7.38. The molecule has 2 aromatic heterocycles. The third kappa shape index (κ3) is 2.06. The van der Waals surface area contributed by atoms with Crippen molar-refractivity contribution in [1.29, 1.82) is 0 Å². The van der Waals surface area contributed by atoms with E-state index in [0.29, 0.717) is 12.0 Å². The first-order chi connectivity index (χ1) is 7.92. The highest BCUT2D eigenvalue weighted by Crippen LogP contribution is 2.19. The number of hydrogen-bond acceptors (Lipinski definition) is 5. The van der Waals surface area contributed by atoms with Crippen molar-refractivity contribution in [3.8, 4) is 5.95 Å². The zero-order chi connectivity index (χ0) is 10.8. The van der Waals surface area contributed by atoms with Crippen molar-refractivity contribution >= 4 is 0 Å². The van der Waals surface area contributed by atoms with Gasteiger partial charge in [0.05, 0.1) is 0 Å². The molecule has 0 amide bonds. The average molecular weight is 216 g/mol. The second kappa shape index (κ2) is 3.97. The molecule has 0 atom stereocenters. The highest BCUT2D eigenvalue weighted by Gasteiger charge is 2.19. The van der Waals surface area contributed by atoms with Crippen LogP contribution in [0.5, 0.6) is 0 Å². The summed E-state index contributed by atoms with van der Waals surface area (Å²) < 4.78 is 1.54. The molecule has 3 rings (SSSR count). The van der Waals surface area contributed by atoms with E-state index in [9.17, 15) is 0 Å². The Balaban J connectivity index is 1.69. The maximum Gasteiger partial charge on any atom is 0.251 e. The van der Waals surface area contributed by atoms with Crippen molar-refractivity contribution in [2.24, 2.45) is 0 Å². The second-order valence-corrected chi connectivity index (χ2v) is 3.89. The van der Waals surface area contributed by atoms with Crippen molar-refractivity contribution in [1.82, 2.24) is 30.0 Å². The lowest BCUT2D eigenvalue weighted by Crippen LogP contribution is -2.16. The molecule has 82 valence electrons. The molecule has 1 aliphatic carbocycles. The van der Waals surface area contributed by atoms with Gasteiger partial charge in [0.1, 0.15) is 12.7 Å². The number of hydrogen-bond donors (Lipinski definition) is 1. The van der Waals surface area contributed by atoms with E-state index < -0.39 is 0 Å². The van der Waals surface area contributed by atoms with E-state index >= 15 is 0 Å². The van der Waals surface area contributed by atoms with Gasteiger partial charge >= 0.3 is 0 Å². The minimum atomic E-state index is 0.549. The van der Waals surface area contributed by atoms with Crippen molar-refractivity contribution in [2.75, 3.05) is 0 Å². The van der Waals surface area contributed by atoms with Crippen LogP contribution in [-0.4, -0.2) is 30.8 Å². The molecule has 6 heteroatoms. The Hall–Kier alpha value is -1.82. The van der Waals surface area contributed by atoms with Crippen LogP contribution in [0, 0.1) is 0 Å². The van der Waals surface area contributed by atoms with Gasteiger partial charge in [-0.2, -0.15) is 9.78 Å². The van der Waals surface area contributed by atoms with Gasteiger partial charge in [0.25, 0.3) is 5.95 Å². The molecule has 0 aromatic carbocycles. The lowest BCUT2D eigenvalue weighted by atomic mass is 10.3. The molecule has 0 radical (unpaired) electrons. The quantitative estimate of drug-likeness (QED) is 0.796. The summed E-state index contributed by atoms with van der Waals surface area (Å²) in [6, 6.07) is 0.704. The lowest BCUT2D eigenvalue weighted by molar-refractivity contribution is 0.680. The van der Waals surface area contributed by atoms with Gasteiger partial charge in [-0.1, -0.05) is 0 Å². The lowest BCUT2D eigenvalue weighted by Gasteiger charge is -2.03. The highest BCUT2D eigenvalue weighted by molar-refractivity contribution is 5.12. The van der Waals surface area contributed by atoms with E-state index in [2.05, 4.69) is 25.4 Å². The first kappa shape index (κ1) is 9.41. The van der Waals surface area contributed by atoms with Gasteiger partial charge in [0, 0.05) is 30.5 Å². The number of nitrogens with one attached hydrogen (secondary N) is 1. The second-order valence-electron chi connectivity index (χ2n) is 3.89. The standard InChI is InChI=1S/C10H12N6/c1-2-9(1)12-3-8-4-13-10(14-5-8)16-7-11-6-15-16/h4-7,9,12H,1-3H2. The Morgan fingerprint density at radius 2 is 2.12 bits per heavy atom. The topological polar surface area (TPSA) is 68.5 Å². The summed E-state index contributed by atoms with van der Waals surface area (Å²) >= 11 is 0. The van der Waals surface area contributed by atoms with Crippen LogP contribution >= 0.6 is 0 Å². The number of nitrogens with zero attached hydrogens (tertiary/aromatic N) is 5. The molecule has 0 spiro atoms. The van der Waals surface area contributed by atoms with Gasteiger partial charge in [-0.3, -0.25) is 0 Å². The van der Waals surface area contributed by atoms with Gasteiger partial charge in [0.2, 0.25) is 0 Å². The van der Waals surface area contributed by atoms with E-state index in [1.165, 1.54) is 23.9 Å². The molecule has 0 aliphatic heterocycles. The van der Waals surface area contributed by atoms with Crippen LogP contribution in [0.3, 0.4) is 0 Å². The third-order valence-electron chi connectivity index (χ3n) is 2.49. The minimum Gasteiger partial charge on any atom is -0.310 e. The summed E-state index contributed by atoms with van der Waals surface area (Å²) in [6.45, 7) is 0.836. The van der Waals surface area contributed by atoms with E-state index in [1.54, 1.807) is 6.33 Å². The Kier molecular flexibility index (Phi) is 2.34. The molecule has 1 aliphatic rings. The van der Waals surface area contributed by atoms with Crippen LogP contribution in [-0.2, 0) is 6.54 Å². The molecule has 2 heterocycles. The molecule has 1 fully saturated rings. The maximum absolute atomic E-state index is 4.23. The number of rotatable bonds is 4. The fourth-order valence-electron chi connectivity index (χ4n) is 1.42. The van der Waals surface area contributed by atoms with Crippen molar-refractivity contribution < 1.29 is 0 Å². The molecule has 16 heavy (non-hydrogen) atoms. The van der Waals surface area contributed by atoms with Gasteiger partial charge < -0.3 is 5.32 Å². The molecular formula is C10H12N6. The molecule has 0 saturated heterocycles. The van der Waals surface area contributed by atoms with E-state index in [0.717, 1.165) is 12.1 Å². The van der Waals surface area contributed by atoms with Crippen molar-refractivity contribution in [3.63, 3.8) is 0 Å². The fourth-order valence-corrected chi connectivity index (χ4v) is 1.42. The third-order valence-corrected chi connectivity index (χ3v) is 2.49. The van der Waals surface area contributed by atoms with Crippen molar-refractivity contribution in [3.05, 3.63) is 30.6 Å². The molecule has 0 bridgehead atoms. The smallest absolute Gasteiger partial charge is 0.251 e. The zero-order valence-corrected chi connectivity index (χ0v) is 8.74. The fraction of sp³-hybridized carbons (Fsp3) is 0.400. The van der Waals surface area contributed by atoms with Crippen molar-refractivity contribution in [2.45, 2.75) is 25.4 Å². The highest BCUT2D eigenvalue weighted by atomic mass is 15.4. The van der Waals surface area contributed by atoms with Gasteiger partial charge in [-0.05, 0) is 12.8 Å². The SMILES string of the molecule is c1ncn(-c2ncc(CNC3CC3)cn2)n1. The summed E-state index contributed by atoms with van der Waals surface area (Å²) in [4.78, 5) is 12.3. The summed E-state index contributed by atoms with van der Waals surface area (Å²) in [7, 11) is 0. The van der Waals surface area contributed by atoms with Gasteiger partial charge in [-0.25, -0.2) is 15.0 Å². The first-order valence-corrected chi connectivity index (χ1v) is 5.31. The predicted molar refractivity (Wildman–Crippen MR) is 56.8 cm³/mol. The Bertz CT molecular complexity index is 445. The van der Waals surface area contributed by atoms with Crippen LogP contribution < -0.4 is 5.32 Å². The zero-order valence-electron chi connectivity index (χ0n) is 8.74.